The summed E-state index contributed by atoms with van der Waals surface area (Å²) in [5.74, 6) is 5.63. The van der Waals surface area contributed by atoms with Crippen molar-refractivity contribution in [2.24, 2.45) is 11.8 Å². The number of benzene rings is 2. The van der Waals surface area contributed by atoms with Gasteiger partial charge in [0.2, 0.25) is 0 Å². The van der Waals surface area contributed by atoms with Crippen molar-refractivity contribution in [3.8, 4) is 0 Å². The molecule has 5 nitrogen and oxygen atoms in total. The van der Waals surface area contributed by atoms with Crippen LogP contribution in [0.3, 0.4) is 0 Å². The molecule has 0 aliphatic heterocycles. The minimum Gasteiger partial charge on any atom is -0.397 e. The molecule has 2 atom stereocenters. The highest BCUT2D eigenvalue weighted by molar-refractivity contribution is 5.71. The summed E-state index contributed by atoms with van der Waals surface area (Å²) in [4.78, 5) is 0. The number of hydrogen-bond acceptors (Lipinski definition) is 5. The smallest absolute Gasteiger partial charge is 0.117 e. The van der Waals surface area contributed by atoms with Crippen molar-refractivity contribution in [3.05, 3.63) is 71.4 Å². The van der Waals surface area contributed by atoms with Crippen LogP contribution in [-0.4, -0.2) is 5.11 Å². The first-order valence-corrected chi connectivity index (χ1v) is 9.12. The molecule has 0 aromatic heterocycles. The number of nitrogen functional groups attached to an aromatic ring is 2. The average molecular weight is 352 g/mol. The van der Waals surface area contributed by atoms with Crippen molar-refractivity contribution in [2.75, 3.05) is 11.2 Å². The molecular weight excluding hydrogens is 324 g/mol. The molecule has 1 aliphatic carbocycles. The first-order valence-electron chi connectivity index (χ1n) is 9.12. The SMILES string of the molecule is CC1CCC/C(=C\NCc2ccccc2)C1(O)c1cccc(NN)c1N. The summed E-state index contributed by atoms with van der Waals surface area (Å²) in [6.45, 7) is 2.79. The third kappa shape index (κ3) is 3.41. The number of para-hydroxylation sites is 1. The number of aliphatic hydroxyl groups is 1. The zero-order chi connectivity index (χ0) is 18.6. The quantitative estimate of drug-likeness (QED) is 0.323. The van der Waals surface area contributed by atoms with Crippen LogP contribution >= 0.6 is 0 Å². The second-order valence-electron chi connectivity index (χ2n) is 7.01. The van der Waals surface area contributed by atoms with Crippen LogP contribution in [0.15, 0.2) is 60.3 Å². The molecule has 0 heterocycles. The van der Waals surface area contributed by atoms with Gasteiger partial charge in [0.15, 0.2) is 0 Å². The lowest BCUT2D eigenvalue weighted by Gasteiger charge is -2.41. The Morgan fingerprint density at radius 3 is 2.69 bits per heavy atom. The molecule has 0 bridgehead atoms. The van der Waals surface area contributed by atoms with Gasteiger partial charge in [-0.05, 0) is 48.6 Å². The van der Waals surface area contributed by atoms with E-state index in [0.29, 0.717) is 23.5 Å². The van der Waals surface area contributed by atoms with Crippen molar-refractivity contribution < 1.29 is 5.11 Å². The zero-order valence-corrected chi connectivity index (χ0v) is 15.2. The first kappa shape index (κ1) is 18.3. The summed E-state index contributed by atoms with van der Waals surface area (Å²) in [6, 6.07) is 15.8. The summed E-state index contributed by atoms with van der Waals surface area (Å²) >= 11 is 0. The lowest BCUT2D eigenvalue weighted by atomic mass is 9.69. The molecule has 7 N–H and O–H groups in total. The fourth-order valence-electron chi connectivity index (χ4n) is 3.85. The fraction of sp³-hybridized carbons (Fsp3) is 0.333. The predicted molar refractivity (Wildman–Crippen MR) is 107 cm³/mol. The van der Waals surface area contributed by atoms with Gasteiger partial charge in [0, 0.05) is 12.1 Å². The Balaban J connectivity index is 1.91. The summed E-state index contributed by atoms with van der Waals surface area (Å²) in [6.07, 6.45) is 4.80. The van der Waals surface area contributed by atoms with E-state index < -0.39 is 5.60 Å². The van der Waals surface area contributed by atoms with Gasteiger partial charge in [-0.15, -0.1) is 0 Å². The van der Waals surface area contributed by atoms with E-state index in [2.05, 4.69) is 29.8 Å². The molecule has 2 aromatic rings. The molecule has 0 radical (unpaired) electrons. The van der Waals surface area contributed by atoms with Crippen LogP contribution in [0.4, 0.5) is 11.4 Å². The molecule has 1 fully saturated rings. The first-order chi connectivity index (χ1) is 12.6. The maximum Gasteiger partial charge on any atom is 0.117 e. The molecule has 0 amide bonds. The van der Waals surface area contributed by atoms with Gasteiger partial charge in [-0.3, -0.25) is 5.84 Å². The standard InChI is InChI=1S/C21H28N4O/c1-15-7-5-10-17(14-24-13-16-8-3-2-4-9-16)21(15,26)18-11-6-12-19(25-23)20(18)22/h2-4,6,8-9,11-12,14-15,24-26H,5,7,10,13,22-23H2,1H3/b17-14+. The van der Waals surface area contributed by atoms with E-state index in [1.54, 1.807) is 0 Å². The molecule has 26 heavy (non-hydrogen) atoms. The van der Waals surface area contributed by atoms with E-state index in [4.69, 9.17) is 11.6 Å². The van der Waals surface area contributed by atoms with Crippen LogP contribution in [0.2, 0.25) is 0 Å². The summed E-state index contributed by atoms with van der Waals surface area (Å²) in [5, 5.41) is 15.1. The largest absolute Gasteiger partial charge is 0.397 e. The van der Waals surface area contributed by atoms with Crippen molar-refractivity contribution in [1.82, 2.24) is 5.32 Å². The Kier molecular flexibility index (Phi) is 5.49. The molecule has 138 valence electrons. The molecule has 1 aliphatic rings. The van der Waals surface area contributed by atoms with Crippen LogP contribution in [0.1, 0.15) is 37.3 Å². The molecular formula is C21H28N4O. The van der Waals surface area contributed by atoms with E-state index in [9.17, 15) is 5.11 Å². The van der Waals surface area contributed by atoms with E-state index in [0.717, 1.165) is 24.8 Å². The predicted octanol–water partition coefficient (Wildman–Crippen LogP) is 3.24. The number of hydrazine groups is 1. The summed E-state index contributed by atoms with van der Waals surface area (Å²) in [7, 11) is 0. The van der Waals surface area contributed by atoms with Crippen LogP contribution in [0.25, 0.3) is 0 Å². The number of rotatable bonds is 5. The van der Waals surface area contributed by atoms with Gasteiger partial charge in [-0.2, -0.15) is 0 Å². The van der Waals surface area contributed by atoms with Crippen LogP contribution in [-0.2, 0) is 12.1 Å². The fourth-order valence-corrected chi connectivity index (χ4v) is 3.85. The Morgan fingerprint density at radius 1 is 1.19 bits per heavy atom. The van der Waals surface area contributed by atoms with E-state index in [1.165, 1.54) is 5.56 Å². The van der Waals surface area contributed by atoms with Gasteiger partial charge < -0.3 is 21.6 Å². The normalized spacial score (nSPS) is 24.4. The van der Waals surface area contributed by atoms with Gasteiger partial charge in [-0.25, -0.2) is 0 Å². The average Bonchev–Trinajstić information content (AvgIpc) is 2.66. The van der Waals surface area contributed by atoms with Gasteiger partial charge in [-0.1, -0.05) is 49.4 Å². The highest BCUT2D eigenvalue weighted by Crippen LogP contribution is 2.47. The Bertz CT molecular complexity index is 775. The number of nitrogens with two attached hydrogens (primary N) is 2. The Labute approximate surface area is 155 Å². The van der Waals surface area contributed by atoms with E-state index >= 15 is 0 Å². The topological polar surface area (TPSA) is 96.3 Å². The maximum atomic E-state index is 11.7. The highest BCUT2D eigenvalue weighted by atomic mass is 16.3. The molecule has 0 spiro atoms. The molecule has 2 unspecified atom stereocenters. The zero-order valence-electron chi connectivity index (χ0n) is 15.2. The Hall–Kier alpha value is -2.50. The van der Waals surface area contributed by atoms with E-state index in [1.807, 2.05) is 42.6 Å². The molecule has 0 saturated heterocycles. The number of hydrogen-bond donors (Lipinski definition) is 5. The minimum atomic E-state index is -1.10. The highest BCUT2D eigenvalue weighted by Gasteiger charge is 2.43. The number of nitrogens with one attached hydrogen (secondary N) is 2. The lowest BCUT2D eigenvalue weighted by molar-refractivity contribution is -0.000313. The van der Waals surface area contributed by atoms with Crippen molar-refractivity contribution in [2.45, 2.75) is 38.3 Å². The third-order valence-electron chi connectivity index (χ3n) is 5.38. The van der Waals surface area contributed by atoms with Gasteiger partial charge >= 0.3 is 0 Å². The maximum absolute atomic E-state index is 11.7. The van der Waals surface area contributed by atoms with Gasteiger partial charge in [0.1, 0.15) is 5.60 Å². The molecule has 2 aromatic carbocycles. The van der Waals surface area contributed by atoms with Crippen LogP contribution in [0.5, 0.6) is 0 Å². The molecule has 3 rings (SSSR count). The lowest BCUT2D eigenvalue weighted by Crippen LogP contribution is -2.40. The monoisotopic (exact) mass is 352 g/mol. The van der Waals surface area contributed by atoms with Crippen LogP contribution in [0, 0.1) is 5.92 Å². The second kappa shape index (κ2) is 7.81. The third-order valence-corrected chi connectivity index (χ3v) is 5.38. The molecule has 5 heteroatoms. The van der Waals surface area contributed by atoms with Gasteiger partial charge in [0.25, 0.3) is 0 Å². The van der Waals surface area contributed by atoms with Crippen molar-refractivity contribution in [3.63, 3.8) is 0 Å². The molecule has 1 saturated carbocycles. The van der Waals surface area contributed by atoms with Crippen LogP contribution < -0.4 is 22.3 Å². The summed E-state index contributed by atoms with van der Waals surface area (Å²) in [5.41, 5.74) is 11.8. The van der Waals surface area contributed by atoms with Gasteiger partial charge in [0.05, 0.1) is 11.4 Å². The Morgan fingerprint density at radius 2 is 1.96 bits per heavy atom. The minimum absolute atomic E-state index is 0.0661. The van der Waals surface area contributed by atoms with E-state index in [-0.39, 0.29) is 5.92 Å². The summed E-state index contributed by atoms with van der Waals surface area (Å²) < 4.78 is 0. The van der Waals surface area contributed by atoms with Crippen molar-refractivity contribution in [1.29, 1.82) is 0 Å². The van der Waals surface area contributed by atoms with Crippen molar-refractivity contribution >= 4 is 11.4 Å². The second-order valence-corrected chi connectivity index (χ2v) is 7.01. The number of anilines is 2.